The van der Waals surface area contributed by atoms with E-state index >= 15 is 0 Å². The SMILES string of the molecule is Cc1nc(Cn2nnc3ccccc32)sc1C. The minimum atomic E-state index is 0.694. The molecule has 0 saturated heterocycles. The monoisotopic (exact) mass is 244 g/mol. The van der Waals surface area contributed by atoms with E-state index < -0.39 is 0 Å². The summed E-state index contributed by atoms with van der Waals surface area (Å²) in [6.45, 7) is 4.82. The Hall–Kier alpha value is -1.75. The number of para-hydroxylation sites is 1. The van der Waals surface area contributed by atoms with Gasteiger partial charge in [0.2, 0.25) is 0 Å². The van der Waals surface area contributed by atoms with Gasteiger partial charge >= 0.3 is 0 Å². The van der Waals surface area contributed by atoms with Crippen molar-refractivity contribution in [1.29, 1.82) is 0 Å². The van der Waals surface area contributed by atoms with Crippen molar-refractivity contribution in [2.45, 2.75) is 20.4 Å². The molecule has 3 aromatic rings. The van der Waals surface area contributed by atoms with Crippen LogP contribution in [0.4, 0.5) is 0 Å². The fraction of sp³-hybridized carbons (Fsp3) is 0.250. The Morgan fingerprint density at radius 2 is 2.06 bits per heavy atom. The van der Waals surface area contributed by atoms with Crippen molar-refractivity contribution in [2.75, 3.05) is 0 Å². The molecule has 0 unspecified atom stereocenters. The maximum absolute atomic E-state index is 4.52. The van der Waals surface area contributed by atoms with E-state index in [2.05, 4.69) is 22.2 Å². The third-order valence-electron chi connectivity index (χ3n) is 2.78. The lowest BCUT2D eigenvalue weighted by Gasteiger charge is -1.97. The molecule has 0 fully saturated rings. The third kappa shape index (κ3) is 1.82. The maximum Gasteiger partial charge on any atom is 0.115 e. The van der Waals surface area contributed by atoms with Crippen molar-refractivity contribution in [2.24, 2.45) is 0 Å². The van der Waals surface area contributed by atoms with Crippen LogP contribution >= 0.6 is 11.3 Å². The first-order valence-corrected chi connectivity index (χ1v) is 6.27. The van der Waals surface area contributed by atoms with E-state index in [4.69, 9.17) is 0 Å². The van der Waals surface area contributed by atoms with Crippen LogP contribution in [-0.4, -0.2) is 20.0 Å². The molecule has 0 aliphatic carbocycles. The van der Waals surface area contributed by atoms with Gasteiger partial charge in [-0.1, -0.05) is 17.3 Å². The lowest BCUT2D eigenvalue weighted by molar-refractivity contribution is 0.666. The van der Waals surface area contributed by atoms with Gasteiger partial charge in [0.1, 0.15) is 10.5 Å². The zero-order valence-electron chi connectivity index (χ0n) is 9.71. The normalized spacial score (nSPS) is 11.2. The summed E-state index contributed by atoms with van der Waals surface area (Å²) in [5.74, 6) is 0. The fourth-order valence-corrected chi connectivity index (χ4v) is 2.69. The van der Waals surface area contributed by atoms with E-state index in [1.54, 1.807) is 11.3 Å². The van der Waals surface area contributed by atoms with Crippen molar-refractivity contribution in [1.82, 2.24) is 20.0 Å². The second-order valence-corrected chi connectivity index (χ2v) is 5.27. The summed E-state index contributed by atoms with van der Waals surface area (Å²) in [7, 11) is 0. The summed E-state index contributed by atoms with van der Waals surface area (Å²) < 4.78 is 1.90. The highest BCUT2D eigenvalue weighted by Gasteiger charge is 2.08. The quantitative estimate of drug-likeness (QED) is 0.696. The van der Waals surface area contributed by atoms with E-state index in [1.807, 2.05) is 35.9 Å². The Labute approximate surface area is 103 Å². The summed E-state index contributed by atoms with van der Waals surface area (Å²) in [5.41, 5.74) is 3.09. The Bertz CT molecular complexity index is 649. The van der Waals surface area contributed by atoms with Gasteiger partial charge in [-0.15, -0.1) is 16.4 Å². The predicted molar refractivity (Wildman–Crippen MR) is 68.2 cm³/mol. The Morgan fingerprint density at radius 1 is 1.24 bits per heavy atom. The zero-order valence-corrected chi connectivity index (χ0v) is 10.5. The highest BCUT2D eigenvalue weighted by atomic mass is 32.1. The van der Waals surface area contributed by atoms with Gasteiger partial charge in [-0.3, -0.25) is 0 Å². The first-order valence-electron chi connectivity index (χ1n) is 5.45. The molecule has 0 N–H and O–H groups in total. The number of hydrogen-bond donors (Lipinski definition) is 0. The van der Waals surface area contributed by atoms with Crippen LogP contribution in [0.3, 0.4) is 0 Å². The highest BCUT2D eigenvalue weighted by molar-refractivity contribution is 7.11. The van der Waals surface area contributed by atoms with Crippen LogP contribution in [0.15, 0.2) is 24.3 Å². The molecule has 0 atom stereocenters. The summed E-state index contributed by atoms with van der Waals surface area (Å²) in [5, 5.41) is 9.38. The number of nitrogens with zero attached hydrogens (tertiary/aromatic N) is 4. The van der Waals surface area contributed by atoms with Crippen molar-refractivity contribution >= 4 is 22.4 Å². The molecule has 0 aliphatic rings. The zero-order chi connectivity index (χ0) is 11.8. The van der Waals surface area contributed by atoms with Crippen molar-refractivity contribution in [3.8, 4) is 0 Å². The number of rotatable bonds is 2. The van der Waals surface area contributed by atoms with Gasteiger partial charge in [-0.25, -0.2) is 9.67 Å². The van der Waals surface area contributed by atoms with Crippen molar-refractivity contribution in [3.05, 3.63) is 39.8 Å². The van der Waals surface area contributed by atoms with Crippen LogP contribution in [0, 0.1) is 13.8 Å². The largest absolute Gasteiger partial charge is 0.244 e. The van der Waals surface area contributed by atoms with Crippen LogP contribution < -0.4 is 0 Å². The van der Waals surface area contributed by atoms with Crippen LogP contribution in [-0.2, 0) is 6.54 Å². The second kappa shape index (κ2) is 3.92. The Morgan fingerprint density at radius 3 is 2.82 bits per heavy atom. The van der Waals surface area contributed by atoms with E-state index in [-0.39, 0.29) is 0 Å². The van der Waals surface area contributed by atoms with Crippen LogP contribution in [0.25, 0.3) is 11.0 Å². The van der Waals surface area contributed by atoms with Crippen molar-refractivity contribution < 1.29 is 0 Å². The molecule has 2 heterocycles. The lowest BCUT2D eigenvalue weighted by atomic mass is 10.3. The standard InChI is InChI=1S/C12H12N4S/c1-8-9(2)17-12(13-8)7-16-11-6-4-3-5-10(11)14-15-16/h3-6H,7H2,1-2H3. The number of hydrogen-bond acceptors (Lipinski definition) is 4. The second-order valence-electron chi connectivity index (χ2n) is 3.99. The van der Waals surface area contributed by atoms with Gasteiger partial charge in [-0.2, -0.15) is 0 Å². The highest BCUT2D eigenvalue weighted by Crippen LogP contribution is 2.18. The molecule has 2 aromatic heterocycles. The van der Waals surface area contributed by atoms with E-state index in [9.17, 15) is 0 Å². The van der Waals surface area contributed by atoms with Crippen molar-refractivity contribution in [3.63, 3.8) is 0 Å². The summed E-state index contributed by atoms with van der Waals surface area (Å²) in [6, 6.07) is 7.97. The number of thiazole rings is 1. The van der Waals surface area contributed by atoms with Gasteiger partial charge in [0.05, 0.1) is 17.8 Å². The van der Waals surface area contributed by atoms with E-state index in [0.29, 0.717) is 6.54 Å². The third-order valence-corrected chi connectivity index (χ3v) is 3.84. The average Bonchev–Trinajstić information content (AvgIpc) is 2.85. The van der Waals surface area contributed by atoms with Crippen LogP contribution in [0.5, 0.6) is 0 Å². The Kier molecular flexibility index (Phi) is 2.40. The predicted octanol–water partition coefficient (Wildman–Crippen LogP) is 2.55. The lowest BCUT2D eigenvalue weighted by Crippen LogP contribution is -2.01. The first-order chi connectivity index (χ1) is 8.24. The van der Waals surface area contributed by atoms with Gasteiger partial charge in [0.25, 0.3) is 0 Å². The van der Waals surface area contributed by atoms with E-state index in [1.165, 1.54) is 4.88 Å². The number of benzene rings is 1. The van der Waals surface area contributed by atoms with Gasteiger partial charge in [0.15, 0.2) is 0 Å². The van der Waals surface area contributed by atoms with Gasteiger partial charge in [-0.05, 0) is 26.0 Å². The minimum absolute atomic E-state index is 0.694. The fourth-order valence-electron chi connectivity index (χ4n) is 1.77. The molecular formula is C12H12N4S. The van der Waals surface area contributed by atoms with Gasteiger partial charge < -0.3 is 0 Å². The Balaban J connectivity index is 2.00. The maximum atomic E-state index is 4.52. The summed E-state index contributed by atoms with van der Waals surface area (Å²) >= 11 is 1.72. The molecule has 86 valence electrons. The van der Waals surface area contributed by atoms with Gasteiger partial charge in [0, 0.05) is 4.88 Å². The molecule has 0 saturated carbocycles. The molecule has 3 rings (SSSR count). The summed E-state index contributed by atoms with van der Waals surface area (Å²) in [4.78, 5) is 5.79. The summed E-state index contributed by atoms with van der Waals surface area (Å²) in [6.07, 6.45) is 0. The molecular weight excluding hydrogens is 232 g/mol. The molecule has 17 heavy (non-hydrogen) atoms. The average molecular weight is 244 g/mol. The molecule has 0 bridgehead atoms. The smallest absolute Gasteiger partial charge is 0.115 e. The van der Waals surface area contributed by atoms with Crippen LogP contribution in [0.2, 0.25) is 0 Å². The van der Waals surface area contributed by atoms with E-state index in [0.717, 1.165) is 21.7 Å². The van der Waals surface area contributed by atoms with Crippen LogP contribution in [0.1, 0.15) is 15.6 Å². The molecule has 0 aliphatic heterocycles. The molecule has 0 spiro atoms. The topological polar surface area (TPSA) is 43.6 Å². The number of fused-ring (bicyclic) bond motifs is 1. The minimum Gasteiger partial charge on any atom is -0.244 e. The molecule has 4 nitrogen and oxygen atoms in total. The first kappa shape index (κ1) is 10.4. The number of aryl methyl sites for hydroxylation is 2. The molecule has 5 heteroatoms. The molecule has 0 amide bonds. The molecule has 0 radical (unpaired) electrons. The molecule has 1 aromatic carbocycles. The number of aromatic nitrogens is 4.